The van der Waals surface area contributed by atoms with Crippen LogP contribution < -0.4 is 11.3 Å². The van der Waals surface area contributed by atoms with Gasteiger partial charge in [-0.2, -0.15) is 0 Å². The Morgan fingerprint density at radius 1 is 1.11 bits per heavy atom. The highest BCUT2D eigenvalue weighted by atomic mass is 19.2. The molecule has 19 heavy (non-hydrogen) atoms. The summed E-state index contributed by atoms with van der Waals surface area (Å²) >= 11 is 0. The smallest absolute Gasteiger partial charge is 0.194 e. The Balaban J connectivity index is 3.10. The van der Waals surface area contributed by atoms with Crippen molar-refractivity contribution in [2.24, 2.45) is 5.84 Å². The first-order valence-corrected chi connectivity index (χ1v) is 5.89. The molecule has 0 bridgehead atoms. The van der Waals surface area contributed by atoms with E-state index in [1.807, 2.05) is 0 Å². The quantitative estimate of drug-likeness (QED) is 0.347. The number of benzene rings is 1. The van der Waals surface area contributed by atoms with Crippen LogP contribution in [0.1, 0.15) is 25.5 Å². The van der Waals surface area contributed by atoms with E-state index in [1.165, 1.54) is 0 Å². The van der Waals surface area contributed by atoms with Gasteiger partial charge in [0.15, 0.2) is 23.7 Å². The molecule has 0 aliphatic carbocycles. The Labute approximate surface area is 109 Å². The largest absolute Gasteiger partial charge is 0.351 e. The second kappa shape index (κ2) is 7.44. The molecule has 0 aromatic heterocycles. The van der Waals surface area contributed by atoms with Crippen molar-refractivity contribution in [1.82, 2.24) is 5.43 Å². The van der Waals surface area contributed by atoms with E-state index in [9.17, 15) is 13.2 Å². The SMILES string of the molecule is CCOC(OCC)C(NN)c1ccc(F)c(F)c1F. The summed E-state index contributed by atoms with van der Waals surface area (Å²) in [6.45, 7) is 4.05. The predicted molar refractivity (Wildman–Crippen MR) is 63.4 cm³/mol. The van der Waals surface area contributed by atoms with E-state index >= 15 is 0 Å². The molecular weight excluding hydrogens is 261 g/mol. The number of hydrogen-bond acceptors (Lipinski definition) is 4. The van der Waals surface area contributed by atoms with E-state index < -0.39 is 29.8 Å². The second-order valence-corrected chi connectivity index (χ2v) is 3.69. The van der Waals surface area contributed by atoms with Gasteiger partial charge in [0.05, 0.1) is 6.04 Å². The molecule has 108 valence electrons. The minimum Gasteiger partial charge on any atom is -0.351 e. The first-order valence-electron chi connectivity index (χ1n) is 5.89. The van der Waals surface area contributed by atoms with Gasteiger partial charge in [-0.1, -0.05) is 6.07 Å². The fraction of sp³-hybridized carbons (Fsp3) is 0.500. The lowest BCUT2D eigenvalue weighted by Crippen LogP contribution is -2.40. The van der Waals surface area contributed by atoms with Gasteiger partial charge in [0, 0.05) is 18.8 Å². The summed E-state index contributed by atoms with van der Waals surface area (Å²) in [5.41, 5.74) is 2.14. The molecule has 7 heteroatoms. The highest BCUT2D eigenvalue weighted by Crippen LogP contribution is 2.25. The van der Waals surface area contributed by atoms with E-state index in [2.05, 4.69) is 5.43 Å². The van der Waals surface area contributed by atoms with Crippen LogP contribution in [0.25, 0.3) is 0 Å². The van der Waals surface area contributed by atoms with Crippen LogP contribution in [0.2, 0.25) is 0 Å². The highest BCUT2D eigenvalue weighted by molar-refractivity contribution is 5.24. The average Bonchev–Trinajstić information content (AvgIpc) is 2.40. The molecule has 1 aromatic carbocycles. The van der Waals surface area contributed by atoms with Crippen LogP contribution >= 0.6 is 0 Å². The number of hydrazine groups is 1. The van der Waals surface area contributed by atoms with Gasteiger partial charge in [0.25, 0.3) is 0 Å². The van der Waals surface area contributed by atoms with E-state index in [-0.39, 0.29) is 5.56 Å². The molecule has 0 saturated carbocycles. The molecule has 0 aliphatic rings. The molecule has 3 N–H and O–H groups in total. The van der Waals surface area contributed by atoms with E-state index in [1.54, 1.807) is 13.8 Å². The van der Waals surface area contributed by atoms with Gasteiger partial charge in [0.2, 0.25) is 0 Å². The van der Waals surface area contributed by atoms with Crippen LogP contribution in [0.3, 0.4) is 0 Å². The van der Waals surface area contributed by atoms with Crippen molar-refractivity contribution < 1.29 is 22.6 Å². The van der Waals surface area contributed by atoms with Crippen molar-refractivity contribution in [3.63, 3.8) is 0 Å². The number of nitrogens with one attached hydrogen (secondary N) is 1. The maximum absolute atomic E-state index is 13.7. The van der Waals surface area contributed by atoms with Crippen molar-refractivity contribution in [3.8, 4) is 0 Å². The summed E-state index contributed by atoms with van der Waals surface area (Å²) in [6.07, 6.45) is -0.903. The number of halogens is 3. The van der Waals surface area contributed by atoms with E-state index in [4.69, 9.17) is 15.3 Å². The lowest BCUT2D eigenvalue weighted by molar-refractivity contribution is -0.155. The molecule has 1 aromatic rings. The minimum absolute atomic E-state index is 0.159. The summed E-state index contributed by atoms with van der Waals surface area (Å²) in [5, 5.41) is 0. The molecule has 1 atom stereocenters. The van der Waals surface area contributed by atoms with Crippen LogP contribution in [0.15, 0.2) is 12.1 Å². The zero-order valence-electron chi connectivity index (χ0n) is 10.8. The van der Waals surface area contributed by atoms with Gasteiger partial charge in [-0.05, 0) is 19.9 Å². The molecule has 0 heterocycles. The van der Waals surface area contributed by atoms with Crippen LogP contribution in [-0.2, 0) is 9.47 Å². The minimum atomic E-state index is -1.55. The Hall–Kier alpha value is -1.15. The monoisotopic (exact) mass is 278 g/mol. The molecule has 1 unspecified atom stereocenters. The van der Waals surface area contributed by atoms with Crippen molar-refractivity contribution >= 4 is 0 Å². The van der Waals surface area contributed by atoms with Gasteiger partial charge >= 0.3 is 0 Å². The predicted octanol–water partition coefficient (Wildman–Crippen LogP) is 2.01. The summed E-state index contributed by atoms with van der Waals surface area (Å²) in [7, 11) is 0. The second-order valence-electron chi connectivity index (χ2n) is 3.69. The average molecular weight is 278 g/mol. The first-order chi connectivity index (χ1) is 9.06. The number of nitrogens with two attached hydrogens (primary N) is 1. The zero-order valence-corrected chi connectivity index (χ0v) is 10.8. The molecule has 0 fully saturated rings. The van der Waals surface area contributed by atoms with Gasteiger partial charge in [0.1, 0.15) is 0 Å². The molecule has 0 saturated heterocycles. The molecule has 4 nitrogen and oxygen atoms in total. The van der Waals surface area contributed by atoms with Crippen LogP contribution in [-0.4, -0.2) is 19.5 Å². The zero-order chi connectivity index (χ0) is 14.4. The number of rotatable bonds is 7. The Morgan fingerprint density at radius 2 is 1.68 bits per heavy atom. The van der Waals surface area contributed by atoms with Gasteiger partial charge < -0.3 is 9.47 Å². The van der Waals surface area contributed by atoms with Crippen molar-refractivity contribution in [1.29, 1.82) is 0 Å². The van der Waals surface area contributed by atoms with E-state index in [0.717, 1.165) is 12.1 Å². The highest BCUT2D eigenvalue weighted by Gasteiger charge is 2.28. The topological polar surface area (TPSA) is 56.5 Å². The van der Waals surface area contributed by atoms with Crippen molar-refractivity contribution in [2.75, 3.05) is 13.2 Å². The summed E-state index contributed by atoms with van der Waals surface area (Å²) in [6, 6.07) is 0.978. The fourth-order valence-corrected chi connectivity index (χ4v) is 1.67. The number of hydrogen-bond donors (Lipinski definition) is 2. The summed E-state index contributed by atoms with van der Waals surface area (Å²) in [5.74, 6) is 1.20. The molecule has 0 amide bonds. The lowest BCUT2D eigenvalue weighted by atomic mass is 10.1. The third kappa shape index (κ3) is 3.66. The van der Waals surface area contributed by atoms with Crippen LogP contribution in [0, 0.1) is 17.5 Å². The standard InChI is InChI=1S/C12H17F3N2O2/c1-3-18-12(19-4-2)11(17-16)7-5-6-8(13)10(15)9(7)14/h5-6,11-12,17H,3-4,16H2,1-2H3. The van der Waals surface area contributed by atoms with Gasteiger partial charge in [-0.25, -0.2) is 18.6 Å². The molecular formula is C12H17F3N2O2. The molecule has 0 spiro atoms. The lowest BCUT2D eigenvalue weighted by Gasteiger charge is -2.26. The van der Waals surface area contributed by atoms with E-state index in [0.29, 0.717) is 13.2 Å². The van der Waals surface area contributed by atoms with Crippen molar-refractivity contribution in [3.05, 3.63) is 35.1 Å². The Bertz CT molecular complexity index is 412. The third-order valence-electron chi connectivity index (χ3n) is 2.51. The Kier molecular flexibility index (Phi) is 6.23. The molecule has 0 radical (unpaired) electrons. The van der Waals surface area contributed by atoms with Gasteiger partial charge in [-0.15, -0.1) is 0 Å². The van der Waals surface area contributed by atoms with Gasteiger partial charge in [-0.3, -0.25) is 5.84 Å². The fourth-order valence-electron chi connectivity index (χ4n) is 1.67. The van der Waals surface area contributed by atoms with Crippen LogP contribution in [0.4, 0.5) is 13.2 Å². The summed E-state index contributed by atoms with van der Waals surface area (Å²) in [4.78, 5) is 0. The normalized spacial score (nSPS) is 13.0. The van der Waals surface area contributed by atoms with Crippen LogP contribution in [0.5, 0.6) is 0 Å². The maximum atomic E-state index is 13.7. The Morgan fingerprint density at radius 3 is 2.16 bits per heavy atom. The molecule has 0 aliphatic heterocycles. The third-order valence-corrected chi connectivity index (χ3v) is 2.51. The maximum Gasteiger partial charge on any atom is 0.194 e. The number of ether oxygens (including phenoxy) is 2. The molecule has 1 rings (SSSR count). The first kappa shape index (κ1) is 15.9. The van der Waals surface area contributed by atoms with Crippen molar-refractivity contribution in [2.45, 2.75) is 26.2 Å². The summed E-state index contributed by atoms with van der Waals surface area (Å²) < 4.78 is 50.4.